The molecule has 5 heteroatoms. The fraction of sp³-hybridized carbons (Fsp3) is 0.273. The molecule has 0 bridgehead atoms. The summed E-state index contributed by atoms with van der Waals surface area (Å²) in [6.07, 6.45) is 5.83. The third-order valence-corrected chi connectivity index (χ3v) is 5.37. The van der Waals surface area contributed by atoms with Gasteiger partial charge >= 0.3 is 0 Å². The highest BCUT2D eigenvalue weighted by atomic mass is 35.5. The standard InChI is InChI=1S/C22H22ClN3O/c23-20-19(11-4-8-15-6-2-1-3-7-15)21(27)26-22(25-20)24-18-13-12-16-9-5-10-17(16)14-18/h1-3,6-7,12-14H,4-5,8-11H2,(H2,24,25,26,27). The number of rotatable bonds is 6. The number of benzene rings is 2. The molecule has 0 amide bonds. The van der Waals surface area contributed by atoms with E-state index in [1.807, 2.05) is 24.3 Å². The molecule has 0 fully saturated rings. The Balaban J connectivity index is 1.44. The van der Waals surface area contributed by atoms with Crippen LogP contribution < -0.4 is 10.9 Å². The van der Waals surface area contributed by atoms with Gasteiger partial charge in [0.15, 0.2) is 0 Å². The Kier molecular flexibility index (Phi) is 5.26. The normalized spacial score (nSPS) is 12.8. The summed E-state index contributed by atoms with van der Waals surface area (Å²) < 4.78 is 0. The van der Waals surface area contributed by atoms with Gasteiger partial charge in [-0.25, -0.2) is 4.98 Å². The summed E-state index contributed by atoms with van der Waals surface area (Å²) in [4.78, 5) is 19.6. The van der Waals surface area contributed by atoms with Crippen LogP contribution in [0.4, 0.5) is 11.6 Å². The maximum Gasteiger partial charge on any atom is 0.256 e. The lowest BCUT2D eigenvalue weighted by Gasteiger charge is -2.10. The van der Waals surface area contributed by atoms with Gasteiger partial charge in [0.05, 0.1) is 5.56 Å². The van der Waals surface area contributed by atoms with Gasteiger partial charge in [0.2, 0.25) is 5.95 Å². The van der Waals surface area contributed by atoms with Crippen LogP contribution in [0, 0.1) is 0 Å². The SMILES string of the molecule is O=c1[nH]c(Nc2ccc3c(c2)CCC3)nc(Cl)c1CCCc1ccccc1. The Hall–Kier alpha value is -2.59. The number of nitrogens with one attached hydrogen (secondary N) is 2. The van der Waals surface area contributed by atoms with E-state index < -0.39 is 0 Å². The molecule has 0 saturated heterocycles. The highest BCUT2D eigenvalue weighted by Gasteiger charge is 2.13. The number of hydrogen-bond donors (Lipinski definition) is 2. The van der Waals surface area contributed by atoms with Gasteiger partial charge in [-0.05, 0) is 67.3 Å². The van der Waals surface area contributed by atoms with Crippen molar-refractivity contribution in [2.45, 2.75) is 38.5 Å². The van der Waals surface area contributed by atoms with Gasteiger partial charge in [-0.3, -0.25) is 9.78 Å². The van der Waals surface area contributed by atoms with Crippen molar-refractivity contribution >= 4 is 23.2 Å². The molecule has 0 atom stereocenters. The number of aromatic amines is 1. The molecule has 2 aromatic carbocycles. The predicted molar refractivity (Wildman–Crippen MR) is 110 cm³/mol. The molecule has 1 heterocycles. The van der Waals surface area contributed by atoms with Crippen LogP contribution in [0.2, 0.25) is 5.15 Å². The molecule has 4 nitrogen and oxygen atoms in total. The second-order valence-corrected chi connectivity index (χ2v) is 7.34. The van der Waals surface area contributed by atoms with Crippen LogP contribution in [0.25, 0.3) is 0 Å². The third-order valence-electron chi connectivity index (χ3n) is 5.06. The van der Waals surface area contributed by atoms with Crippen LogP contribution >= 0.6 is 11.6 Å². The molecule has 0 saturated carbocycles. The third kappa shape index (κ3) is 4.22. The number of halogens is 1. The summed E-state index contributed by atoms with van der Waals surface area (Å²) in [6, 6.07) is 16.5. The lowest BCUT2D eigenvalue weighted by molar-refractivity contribution is 0.805. The van der Waals surface area contributed by atoms with Crippen molar-refractivity contribution in [2.75, 3.05) is 5.32 Å². The molecular formula is C22H22ClN3O. The van der Waals surface area contributed by atoms with Gasteiger partial charge in [-0.15, -0.1) is 0 Å². The summed E-state index contributed by atoms with van der Waals surface area (Å²) in [7, 11) is 0. The van der Waals surface area contributed by atoms with Crippen molar-refractivity contribution < 1.29 is 0 Å². The number of hydrogen-bond acceptors (Lipinski definition) is 3. The first kappa shape index (κ1) is 17.8. The Morgan fingerprint density at radius 2 is 1.85 bits per heavy atom. The zero-order chi connectivity index (χ0) is 18.6. The van der Waals surface area contributed by atoms with Gasteiger partial charge in [-0.1, -0.05) is 48.0 Å². The number of aryl methyl sites for hydroxylation is 3. The van der Waals surface area contributed by atoms with E-state index in [0.717, 1.165) is 31.4 Å². The number of H-pyrrole nitrogens is 1. The van der Waals surface area contributed by atoms with Crippen LogP contribution in [0.5, 0.6) is 0 Å². The van der Waals surface area contributed by atoms with Crippen molar-refractivity contribution in [3.8, 4) is 0 Å². The van der Waals surface area contributed by atoms with Gasteiger partial charge in [-0.2, -0.15) is 0 Å². The number of nitrogens with zero attached hydrogens (tertiary/aromatic N) is 1. The zero-order valence-electron chi connectivity index (χ0n) is 15.1. The lowest BCUT2D eigenvalue weighted by atomic mass is 10.1. The molecule has 1 aliphatic rings. The van der Waals surface area contributed by atoms with Gasteiger partial charge in [0.1, 0.15) is 5.15 Å². The molecule has 3 aromatic rings. The van der Waals surface area contributed by atoms with Gasteiger partial charge < -0.3 is 5.32 Å². The van der Waals surface area contributed by atoms with Gasteiger partial charge in [0, 0.05) is 5.69 Å². The molecular weight excluding hydrogens is 358 g/mol. The summed E-state index contributed by atoms with van der Waals surface area (Å²) in [5, 5.41) is 3.45. The fourth-order valence-electron chi connectivity index (χ4n) is 3.65. The van der Waals surface area contributed by atoms with Crippen molar-refractivity contribution in [2.24, 2.45) is 0 Å². The van der Waals surface area contributed by atoms with E-state index in [1.165, 1.54) is 23.1 Å². The Labute approximate surface area is 163 Å². The number of anilines is 2. The smallest absolute Gasteiger partial charge is 0.256 e. The van der Waals surface area contributed by atoms with E-state index in [-0.39, 0.29) is 10.7 Å². The molecule has 0 aliphatic heterocycles. The van der Waals surface area contributed by atoms with Crippen LogP contribution in [-0.2, 0) is 25.7 Å². The average molecular weight is 380 g/mol. The summed E-state index contributed by atoms with van der Waals surface area (Å²) in [5.74, 6) is 0.384. The maximum absolute atomic E-state index is 12.5. The monoisotopic (exact) mass is 379 g/mol. The molecule has 1 aliphatic carbocycles. The molecule has 2 N–H and O–H groups in total. The minimum absolute atomic E-state index is 0.174. The van der Waals surface area contributed by atoms with E-state index in [0.29, 0.717) is 17.9 Å². The highest BCUT2D eigenvalue weighted by molar-refractivity contribution is 6.30. The molecule has 27 heavy (non-hydrogen) atoms. The second-order valence-electron chi connectivity index (χ2n) is 6.99. The van der Waals surface area contributed by atoms with E-state index >= 15 is 0 Å². The van der Waals surface area contributed by atoms with E-state index in [2.05, 4.69) is 39.6 Å². The van der Waals surface area contributed by atoms with E-state index in [9.17, 15) is 4.79 Å². The quantitative estimate of drug-likeness (QED) is 0.603. The van der Waals surface area contributed by atoms with Crippen molar-refractivity contribution in [3.05, 3.63) is 86.3 Å². The van der Waals surface area contributed by atoms with Gasteiger partial charge in [0.25, 0.3) is 5.56 Å². The Morgan fingerprint density at radius 3 is 2.67 bits per heavy atom. The maximum atomic E-state index is 12.5. The minimum Gasteiger partial charge on any atom is -0.326 e. The molecule has 138 valence electrons. The first-order valence-corrected chi connectivity index (χ1v) is 9.78. The van der Waals surface area contributed by atoms with Crippen LogP contribution in [-0.4, -0.2) is 9.97 Å². The molecule has 1 aromatic heterocycles. The van der Waals surface area contributed by atoms with Crippen LogP contribution in [0.15, 0.2) is 53.3 Å². The lowest BCUT2D eigenvalue weighted by Crippen LogP contribution is -2.17. The zero-order valence-corrected chi connectivity index (χ0v) is 15.9. The van der Waals surface area contributed by atoms with Crippen molar-refractivity contribution in [1.82, 2.24) is 9.97 Å². The topological polar surface area (TPSA) is 57.8 Å². The predicted octanol–water partition coefficient (Wildman–Crippen LogP) is 4.83. The molecule has 0 unspecified atom stereocenters. The van der Waals surface area contributed by atoms with E-state index in [4.69, 9.17) is 11.6 Å². The highest BCUT2D eigenvalue weighted by Crippen LogP contribution is 2.26. The van der Waals surface area contributed by atoms with E-state index in [1.54, 1.807) is 0 Å². The first-order valence-electron chi connectivity index (χ1n) is 9.40. The minimum atomic E-state index is -0.174. The largest absolute Gasteiger partial charge is 0.326 e. The Bertz CT molecular complexity index is 998. The number of aromatic nitrogens is 2. The first-order chi connectivity index (χ1) is 13.2. The summed E-state index contributed by atoms with van der Waals surface area (Å²) >= 11 is 6.31. The van der Waals surface area contributed by atoms with Crippen molar-refractivity contribution in [3.63, 3.8) is 0 Å². The summed E-state index contributed by atoms with van der Waals surface area (Å²) in [5.41, 5.74) is 5.33. The van der Waals surface area contributed by atoms with Crippen molar-refractivity contribution in [1.29, 1.82) is 0 Å². The van der Waals surface area contributed by atoms with Crippen LogP contribution in [0.3, 0.4) is 0 Å². The Morgan fingerprint density at radius 1 is 1.04 bits per heavy atom. The second kappa shape index (κ2) is 7.97. The molecule has 0 spiro atoms. The summed E-state index contributed by atoms with van der Waals surface area (Å²) in [6.45, 7) is 0. The number of fused-ring (bicyclic) bond motifs is 1. The fourth-order valence-corrected chi connectivity index (χ4v) is 3.91. The molecule has 0 radical (unpaired) electrons. The van der Waals surface area contributed by atoms with Crippen LogP contribution in [0.1, 0.15) is 35.1 Å². The molecule has 4 rings (SSSR count). The average Bonchev–Trinajstić information content (AvgIpc) is 3.13.